The first kappa shape index (κ1) is 14.6. The maximum atomic E-state index is 11.9. The van der Waals surface area contributed by atoms with E-state index in [1.54, 1.807) is 0 Å². The van der Waals surface area contributed by atoms with Gasteiger partial charge in [-0.2, -0.15) is 0 Å². The SMILES string of the molecule is CCC(C)(C)OC(=O)NC1C(O)CC12CCCCC2. The van der Waals surface area contributed by atoms with Crippen molar-refractivity contribution in [1.82, 2.24) is 5.32 Å². The molecule has 2 unspecified atom stereocenters. The van der Waals surface area contributed by atoms with Gasteiger partial charge in [0, 0.05) is 0 Å². The lowest BCUT2D eigenvalue weighted by molar-refractivity contribution is -0.0962. The van der Waals surface area contributed by atoms with Crippen LogP contribution in [0.1, 0.15) is 65.7 Å². The van der Waals surface area contributed by atoms with E-state index in [1.165, 1.54) is 19.3 Å². The van der Waals surface area contributed by atoms with E-state index in [0.29, 0.717) is 0 Å². The fraction of sp³-hybridized carbons (Fsp3) is 0.933. The Morgan fingerprint density at radius 2 is 2.00 bits per heavy atom. The van der Waals surface area contributed by atoms with Gasteiger partial charge in [-0.3, -0.25) is 0 Å². The number of carbonyl (C=O) groups excluding carboxylic acids is 1. The summed E-state index contributed by atoms with van der Waals surface area (Å²) < 4.78 is 5.41. The summed E-state index contributed by atoms with van der Waals surface area (Å²) in [7, 11) is 0. The van der Waals surface area contributed by atoms with E-state index in [1.807, 2.05) is 20.8 Å². The number of ether oxygens (including phenoxy) is 1. The number of alkyl carbamates (subject to hydrolysis) is 1. The third-order valence-electron chi connectivity index (χ3n) is 5.00. The minimum absolute atomic E-state index is 0.118. The zero-order valence-electron chi connectivity index (χ0n) is 12.4. The average Bonchev–Trinajstić information content (AvgIpc) is 2.37. The molecule has 0 aromatic heterocycles. The fourth-order valence-corrected chi connectivity index (χ4v) is 3.41. The van der Waals surface area contributed by atoms with Gasteiger partial charge in [0.15, 0.2) is 0 Å². The Hall–Kier alpha value is -0.770. The van der Waals surface area contributed by atoms with E-state index in [-0.39, 0.29) is 17.6 Å². The first-order valence-electron chi connectivity index (χ1n) is 7.56. The van der Waals surface area contributed by atoms with Gasteiger partial charge in [0.2, 0.25) is 0 Å². The van der Waals surface area contributed by atoms with Crippen LogP contribution in [0.2, 0.25) is 0 Å². The van der Waals surface area contributed by atoms with Crippen LogP contribution < -0.4 is 5.32 Å². The highest BCUT2D eigenvalue weighted by Crippen LogP contribution is 2.51. The molecule has 0 radical (unpaired) electrons. The van der Waals surface area contributed by atoms with Crippen molar-refractivity contribution in [1.29, 1.82) is 0 Å². The highest BCUT2D eigenvalue weighted by atomic mass is 16.6. The average molecular weight is 269 g/mol. The molecule has 1 amide bonds. The molecular formula is C15H27NO3. The number of hydrogen-bond acceptors (Lipinski definition) is 3. The van der Waals surface area contributed by atoms with Crippen LogP contribution in [0.15, 0.2) is 0 Å². The summed E-state index contributed by atoms with van der Waals surface area (Å²) in [5.41, 5.74) is -0.314. The molecule has 0 aliphatic heterocycles. The maximum absolute atomic E-state index is 11.9. The van der Waals surface area contributed by atoms with E-state index in [9.17, 15) is 9.90 Å². The minimum atomic E-state index is -0.446. The molecule has 0 saturated heterocycles. The van der Waals surface area contributed by atoms with Gasteiger partial charge in [-0.05, 0) is 44.9 Å². The zero-order valence-corrected chi connectivity index (χ0v) is 12.4. The minimum Gasteiger partial charge on any atom is -0.444 e. The Labute approximate surface area is 115 Å². The summed E-state index contributed by atoms with van der Waals surface area (Å²) in [5.74, 6) is 0. The lowest BCUT2D eigenvalue weighted by Gasteiger charge is -2.55. The van der Waals surface area contributed by atoms with Gasteiger partial charge in [-0.1, -0.05) is 26.2 Å². The van der Waals surface area contributed by atoms with Crippen molar-refractivity contribution >= 4 is 6.09 Å². The van der Waals surface area contributed by atoms with Crippen molar-refractivity contribution in [2.45, 2.75) is 83.5 Å². The second-order valence-electron chi connectivity index (χ2n) is 6.82. The number of aliphatic hydroxyl groups is 1. The van der Waals surface area contributed by atoms with Gasteiger partial charge >= 0.3 is 6.09 Å². The molecule has 19 heavy (non-hydrogen) atoms. The Morgan fingerprint density at radius 3 is 2.53 bits per heavy atom. The number of rotatable bonds is 3. The van der Waals surface area contributed by atoms with Crippen molar-refractivity contribution in [3.8, 4) is 0 Å². The summed E-state index contributed by atoms with van der Waals surface area (Å²) in [6, 6.07) is -0.118. The molecule has 0 heterocycles. The van der Waals surface area contributed by atoms with Crippen molar-refractivity contribution in [3.05, 3.63) is 0 Å². The molecule has 0 bridgehead atoms. The molecule has 2 aliphatic carbocycles. The lowest BCUT2D eigenvalue weighted by atomic mass is 9.56. The molecule has 2 saturated carbocycles. The summed E-state index contributed by atoms with van der Waals surface area (Å²) in [6.45, 7) is 5.80. The van der Waals surface area contributed by atoms with Gasteiger partial charge < -0.3 is 15.2 Å². The van der Waals surface area contributed by atoms with Crippen molar-refractivity contribution in [3.63, 3.8) is 0 Å². The maximum Gasteiger partial charge on any atom is 0.407 e. The molecule has 2 fully saturated rings. The number of amides is 1. The largest absolute Gasteiger partial charge is 0.444 e. The number of aliphatic hydroxyl groups excluding tert-OH is 1. The Kier molecular flexibility index (Phi) is 4.09. The van der Waals surface area contributed by atoms with Crippen LogP contribution in [0.25, 0.3) is 0 Å². The van der Waals surface area contributed by atoms with Crippen LogP contribution in [0.4, 0.5) is 4.79 Å². The fourth-order valence-electron chi connectivity index (χ4n) is 3.41. The third kappa shape index (κ3) is 3.04. The first-order valence-corrected chi connectivity index (χ1v) is 7.56. The Balaban J connectivity index is 1.92. The van der Waals surface area contributed by atoms with E-state index in [0.717, 1.165) is 25.7 Å². The van der Waals surface area contributed by atoms with E-state index in [2.05, 4.69) is 5.32 Å². The molecule has 110 valence electrons. The molecule has 1 spiro atoms. The second kappa shape index (κ2) is 5.31. The molecule has 2 aliphatic rings. The van der Waals surface area contributed by atoms with E-state index < -0.39 is 11.7 Å². The highest BCUT2D eigenvalue weighted by molar-refractivity contribution is 5.68. The quantitative estimate of drug-likeness (QED) is 0.828. The van der Waals surface area contributed by atoms with Gasteiger partial charge in [0.25, 0.3) is 0 Å². The normalized spacial score (nSPS) is 29.7. The predicted octanol–water partition coefficient (Wildman–Crippen LogP) is 2.98. The van der Waals surface area contributed by atoms with Gasteiger partial charge in [-0.15, -0.1) is 0 Å². The van der Waals surface area contributed by atoms with Crippen LogP contribution in [-0.2, 0) is 4.74 Å². The zero-order chi connectivity index (χ0) is 14.1. The van der Waals surface area contributed by atoms with Gasteiger partial charge in [0.1, 0.15) is 5.60 Å². The Bertz CT molecular complexity index is 329. The van der Waals surface area contributed by atoms with E-state index in [4.69, 9.17) is 4.74 Å². The van der Waals surface area contributed by atoms with Crippen molar-refractivity contribution in [2.24, 2.45) is 5.41 Å². The molecule has 2 N–H and O–H groups in total. The van der Waals surface area contributed by atoms with Crippen molar-refractivity contribution < 1.29 is 14.6 Å². The first-order chi connectivity index (χ1) is 8.88. The third-order valence-corrected chi connectivity index (χ3v) is 5.00. The standard InChI is InChI=1S/C15H27NO3/c1-4-14(2,3)19-13(18)16-12-11(17)10-15(12)8-6-5-7-9-15/h11-12,17H,4-10H2,1-3H3,(H,16,18). The molecular weight excluding hydrogens is 242 g/mol. The summed E-state index contributed by atoms with van der Waals surface area (Å²) in [5, 5.41) is 12.9. The number of nitrogens with one attached hydrogen (secondary N) is 1. The van der Waals surface area contributed by atoms with Crippen molar-refractivity contribution in [2.75, 3.05) is 0 Å². The summed E-state index contributed by atoms with van der Waals surface area (Å²) in [4.78, 5) is 11.9. The van der Waals surface area contributed by atoms with Gasteiger partial charge in [0.05, 0.1) is 12.1 Å². The van der Waals surface area contributed by atoms with Gasteiger partial charge in [-0.25, -0.2) is 4.79 Å². The van der Waals surface area contributed by atoms with E-state index >= 15 is 0 Å². The molecule has 4 heteroatoms. The smallest absolute Gasteiger partial charge is 0.407 e. The highest BCUT2D eigenvalue weighted by Gasteiger charge is 2.54. The summed E-state index contributed by atoms with van der Waals surface area (Å²) >= 11 is 0. The van der Waals surface area contributed by atoms with Crippen LogP contribution >= 0.6 is 0 Å². The van der Waals surface area contributed by atoms with Crippen LogP contribution in [0, 0.1) is 5.41 Å². The molecule has 2 rings (SSSR count). The van der Waals surface area contributed by atoms with Crippen LogP contribution in [-0.4, -0.2) is 28.9 Å². The number of hydrogen-bond donors (Lipinski definition) is 2. The topological polar surface area (TPSA) is 58.6 Å². The molecule has 0 aromatic carbocycles. The molecule has 2 atom stereocenters. The van der Waals surface area contributed by atoms with Crippen LogP contribution in [0.3, 0.4) is 0 Å². The lowest BCUT2D eigenvalue weighted by Crippen LogP contribution is -2.65. The predicted molar refractivity (Wildman–Crippen MR) is 73.9 cm³/mol. The van der Waals surface area contributed by atoms with Crippen LogP contribution in [0.5, 0.6) is 0 Å². The molecule has 0 aromatic rings. The Morgan fingerprint density at radius 1 is 1.37 bits per heavy atom. The second-order valence-corrected chi connectivity index (χ2v) is 6.82. The number of carbonyl (C=O) groups is 1. The monoisotopic (exact) mass is 269 g/mol. The molecule has 4 nitrogen and oxygen atoms in total. The summed E-state index contributed by atoms with van der Waals surface area (Å²) in [6.07, 6.45) is 6.74.